The number of carboxylic acids is 1. The smallest absolute Gasteiger partial charge is 0.416 e. The molecule has 0 spiro atoms. The molecule has 1 aliphatic carbocycles. The Balaban J connectivity index is 1.60. The zero-order valence-corrected chi connectivity index (χ0v) is 23.0. The van der Waals surface area contributed by atoms with Crippen LogP contribution in [0.2, 0.25) is 0 Å². The van der Waals surface area contributed by atoms with Gasteiger partial charge in [-0.25, -0.2) is 4.79 Å². The van der Waals surface area contributed by atoms with Crippen molar-refractivity contribution in [3.8, 4) is 0 Å². The summed E-state index contributed by atoms with van der Waals surface area (Å²) in [5.41, 5.74) is 6.91. The van der Waals surface area contributed by atoms with Crippen LogP contribution in [0.3, 0.4) is 0 Å². The Kier molecular flexibility index (Phi) is 8.45. The van der Waals surface area contributed by atoms with E-state index in [4.69, 9.17) is 0 Å². The average Bonchev–Trinajstić information content (AvgIpc) is 3.30. The first-order valence-corrected chi connectivity index (χ1v) is 14.0. The predicted octanol–water partition coefficient (Wildman–Crippen LogP) is 8.46. The van der Waals surface area contributed by atoms with Gasteiger partial charge in [-0.1, -0.05) is 54.1 Å². The van der Waals surface area contributed by atoms with Gasteiger partial charge in [0.15, 0.2) is 0 Å². The Morgan fingerprint density at radius 1 is 1.00 bits per heavy atom. The fourth-order valence-corrected chi connectivity index (χ4v) is 6.11. The minimum absolute atomic E-state index is 0.193. The second-order valence-electron chi connectivity index (χ2n) is 10.9. The summed E-state index contributed by atoms with van der Waals surface area (Å²) < 4.78 is 54.1. The van der Waals surface area contributed by atoms with Crippen molar-refractivity contribution in [3.05, 3.63) is 111 Å². The third-order valence-corrected chi connectivity index (χ3v) is 8.11. The number of nitrogens with zero attached hydrogens (tertiary/aromatic N) is 1. The van der Waals surface area contributed by atoms with Crippen LogP contribution in [-0.2, 0) is 12.6 Å². The molecule has 0 atom stereocenters. The van der Waals surface area contributed by atoms with Crippen LogP contribution in [0.15, 0.2) is 66.2 Å². The number of hydrogen-bond acceptors (Lipinski definition) is 2. The van der Waals surface area contributed by atoms with E-state index in [1.54, 1.807) is 24.3 Å². The molecule has 0 bridgehead atoms. The number of rotatable bonds is 7. The number of alkyl halides is 4. The fourth-order valence-electron chi connectivity index (χ4n) is 6.11. The van der Waals surface area contributed by atoms with E-state index in [1.807, 2.05) is 24.3 Å². The van der Waals surface area contributed by atoms with Crippen molar-refractivity contribution in [3.63, 3.8) is 0 Å². The largest absolute Gasteiger partial charge is 0.478 e. The zero-order chi connectivity index (χ0) is 29.1. The second kappa shape index (κ2) is 12.0. The molecule has 41 heavy (non-hydrogen) atoms. The lowest BCUT2D eigenvalue weighted by Crippen LogP contribution is -2.20. The first-order valence-electron chi connectivity index (χ1n) is 14.0. The highest BCUT2D eigenvalue weighted by Gasteiger charge is 2.34. The molecule has 3 nitrogen and oxygen atoms in total. The summed E-state index contributed by atoms with van der Waals surface area (Å²) in [7, 11) is 0. The van der Waals surface area contributed by atoms with Crippen LogP contribution in [0, 0.1) is 6.92 Å². The van der Waals surface area contributed by atoms with Gasteiger partial charge in [-0.3, -0.25) is 9.29 Å². The summed E-state index contributed by atoms with van der Waals surface area (Å²) in [6, 6.07) is 17.4. The molecule has 1 heterocycles. The molecule has 1 saturated heterocycles. The maximum Gasteiger partial charge on any atom is 0.416 e. The lowest BCUT2D eigenvalue weighted by atomic mass is 9.85. The SMILES string of the molecule is Cc1c(C2=C(c3ccc(/C=C4/CCN(CCCF)C4)cc3)c3ccc(C(=O)O)cc3CCC2)cccc1C(F)(F)F. The number of aryl methyl sites for hydroxylation is 1. The molecule has 0 aromatic heterocycles. The highest BCUT2D eigenvalue weighted by Crippen LogP contribution is 2.43. The first kappa shape index (κ1) is 28.8. The van der Waals surface area contributed by atoms with Crippen LogP contribution in [-0.4, -0.2) is 42.3 Å². The Morgan fingerprint density at radius 3 is 2.49 bits per heavy atom. The molecule has 7 heteroatoms. The van der Waals surface area contributed by atoms with E-state index in [0.29, 0.717) is 31.2 Å². The van der Waals surface area contributed by atoms with Crippen molar-refractivity contribution < 1.29 is 27.5 Å². The zero-order valence-electron chi connectivity index (χ0n) is 23.0. The van der Waals surface area contributed by atoms with Gasteiger partial charge in [-0.15, -0.1) is 0 Å². The quantitative estimate of drug-likeness (QED) is 0.293. The van der Waals surface area contributed by atoms with Crippen LogP contribution in [0.1, 0.15) is 75.0 Å². The number of likely N-dealkylation sites (tertiary alicyclic amines) is 1. The molecule has 1 aliphatic heterocycles. The van der Waals surface area contributed by atoms with Gasteiger partial charge in [-0.2, -0.15) is 13.2 Å². The lowest BCUT2D eigenvalue weighted by Gasteiger charge is -2.20. The minimum Gasteiger partial charge on any atom is -0.478 e. The van der Waals surface area contributed by atoms with Gasteiger partial charge in [0.1, 0.15) is 0 Å². The normalized spacial score (nSPS) is 17.1. The number of carboxylic acid groups (broad SMARTS) is 1. The average molecular weight is 564 g/mol. The molecule has 2 aliphatic rings. The van der Waals surface area contributed by atoms with Crippen molar-refractivity contribution in [2.24, 2.45) is 0 Å². The standard InChI is InChI=1S/C34H33F4NO2/c1-22-28(6-3-8-31(22)34(36,37)38)30-7-2-5-26-20-27(33(40)41)13-14-29(26)32(30)25-11-9-23(10-12-25)19-24-15-18-39(21-24)17-4-16-35/h3,6,8-14,19-20H,2,4-5,7,15-18,21H2,1H3,(H,40,41)/b24-19-. The molecule has 1 fully saturated rings. The third kappa shape index (κ3) is 6.30. The van der Waals surface area contributed by atoms with Crippen LogP contribution in [0.5, 0.6) is 0 Å². The van der Waals surface area contributed by atoms with Crippen molar-refractivity contribution in [1.82, 2.24) is 4.90 Å². The third-order valence-electron chi connectivity index (χ3n) is 8.11. The molecule has 0 amide bonds. The number of benzene rings is 3. The summed E-state index contributed by atoms with van der Waals surface area (Å²) in [4.78, 5) is 13.9. The number of carbonyl (C=O) groups is 1. The highest BCUT2D eigenvalue weighted by atomic mass is 19.4. The van der Waals surface area contributed by atoms with E-state index in [-0.39, 0.29) is 17.8 Å². The van der Waals surface area contributed by atoms with Gasteiger partial charge in [0.05, 0.1) is 17.8 Å². The summed E-state index contributed by atoms with van der Waals surface area (Å²) >= 11 is 0. The number of allylic oxidation sites excluding steroid dienone is 1. The molecule has 0 saturated carbocycles. The number of halogens is 4. The minimum atomic E-state index is -4.46. The van der Waals surface area contributed by atoms with E-state index < -0.39 is 17.7 Å². The van der Waals surface area contributed by atoms with Crippen LogP contribution in [0.4, 0.5) is 17.6 Å². The topological polar surface area (TPSA) is 40.5 Å². The Morgan fingerprint density at radius 2 is 1.78 bits per heavy atom. The van der Waals surface area contributed by atoms with Gasteiger partial charge in [0, 0.05) is 19.6 Å². The predicted molar refractivity (Wildman–Crippen MR) is 155 cm³/mol. The summed E-state index contributed by atoms with van der Waals surface area (Å²) in [5.74, 6) is -1.01. The molecular weight excluding hydrogens is 530 g/mol. The highest BCUT2D eigenvalue weighted by molar-refractivity contribution is 6.01. The van der Waals surface area contributed by atoms with Crippen molar-refractivity contribution in [1.29, 1.82) is 0 Å². The number of hydrogen-bond donors (Lipinski definition) is 1. The maximum atomic E-state index is 13.9. The molecule has 3 aromatic rings. The van der Waals surface area contributed by atoms with Gasteiger partial charge in [0.25, 0.3) is 0 Å². The molecule has 3 aromatic carbocycles. The van der Waals surface area contributed by atoms with E-state index in [9.17, 15) is 27.5 Å². The van der Waals surface area contributed by atoms with Crippen LogP contribution < -0.4 is 0 Å². The Bertz CT molecular complexity index is 1500. The maximum absolute atomic E-state index is 13.9. The van der Waals surface area contributed by atoms with E-state index in [1.165, 1.54) is 18.6 Å². The first-order chi connectivity index (χ1) is 19.7. The molecule has 0 radical (unpaired) electrons. The monoisotopic (exact) mass is 563 g/mol. The summed E-state index contributed by atoms with van der Waals surface area (Å²) in [6.07, 6.45) is 1.06. The Hall–Kier alpha value is -3.71. The molecule has 1 N–H and O–H groups in total. The van der Waals surface area contributed by atoms with Gasteiger partial charge >= 0.3 is 12.1 Å². The van der Waals surface area contributed by atoms with Gasteiger partial charge < -0.3 is 5.11 Å². The molecule has 214 valence electrons. The molecule has 5 rings (SSSR count). The number of fused-ring (bicyclic) bond motifs is 1. The van der Waals surface area contributed by atoms with Crippen molar-refractivity contribution in [2.75, 3.05) is 26.3 Å². The number of aromatic carboxylic acids is 1. The summed E-state index contributed by atoms with van der Waals surface area (Å²) in [6.45, 7) is 3.71. The van der Waals surface area contributed by atoms with E-state index in [0.717, 1.165) is 65.5 Å². The van der Waals surface area contributed by atoms with Crippen LogP contribution in [0.25, 0.3) is 17.2 Å². The fraction of sp³-hybridized carbons (Fsp3) is 0.324. The summed E-state index contributed by atoms with van der Waals surface area (Å²) in [5, 5.41) is 9.58. The van der Waals surface area contributed by atoms with Crippen LogP contribution >= 0.6 is 0 Å². The Labute approximate surface area is 237 Å². The van der Waals surface area contributed by atoms with E-state index in [2.05, 4.69) is 11.0 Å². The van der Waals surface area contributed by atoms with Gasteiger partial charge in [0.2, 0.25) is 0 Å². The second-order valence-corrected chi connectivity index (χ2v) is 10.9. The van der Waals surface area contributed by atoms with Crippen molar-refractivity contribution >= 4 is 23.2 Å². The molecular formula is C34H33F4NO2. The lowest BCUT2D eigenvalue weighted by molar-refractivity contribution is -0.138. The van der Waals surface area contributed by atoms with E-state index >= 15 is 0 Å². The van der Waals surface area contributed by atoms with Gasteiger partial charge in [-0.05, 0) is 102 Å². The molecule has 0 unspecified atom stereocenters. The van der Waals surface area contributed by atoms with Crippen molar-refractivity contribution in [2.45, 2.75) is 45.2 Å².